The van der Waals surface area contributed by atoms with E-state index in [1.807, 2.05) is 53.0 Å². The van der Waals surface area contributed by atoms with Gasteiger partial charge in [0, 0.05) is 44.0 Å². The Labute approximate surface area is 152 Å². The molecule has 1 atom stereocenters. The summed E-state index contributed by atoms with van der Waals surface area (Å²) in [4.78, 5) is 28.1. The Hall–Kier alpha value is -3.02. The van der Waals surface area contributed by atoms with E-state index in [0.29, 0.717) is 6.54 Å². The molecule has 3 aromatic rings. The number of carbonyl (C=O) groups is 1. The summed E-state index contributed by atoms with van der Waals surface area (Å²) in [5.41, 5.74) is 3.48. The van der Waals surface area contributed by atoms with E-state index in [0.717, 1.165) is 42.0 Å². The van der Waals surface area contributed by atoms with Crippen LogP contribution in [0.25, 0.3) is 11.4 Å². The van der Waals surface area contributed by atoms with Crippen LogP contribution in [0, 0.1) is 0 Å². The second kappa shape index (κ2) is 7.07. The van der Waals surface area contributed by atoms with E-state index in [1.54, 1.807) is 18.7 Å². The van der Waals surface area contributed by atoms with Crippen LogP contribution in [0.2, 0.25) is 0 Å². The monoisotopic (exact) mass is 347 g/mol. The third kappa shape index (κ3) is 3.10. The van der Waals surface area contributed by atoms with Crippen LogP contribution in [0.15, 0.2) is 55.2 Å². The molecule has 0 aliphatic carbocycles. The first kappa shape index (κ1) is 16.4. The maximum atomic E-state index is 12.8. The van der Waals surface area contributed by atoms with Crippen LogP contribution in [-0.2, 0) is 7.05 Å². The number of nitrogens with zero attached hydrogens (tertiary/aromatic N) is 5. The number of benzene rings is 1. The van der Waals surface area contributed by atoms with Crippen LogP contribution < -0.4 is 0 Å². The average Bonchev–Trinajstić information content (AvgIpc) is 3.14. The molecule has 0 saturated carbocycles. The van der Waals surface area contributed by atoms with Crippen molar-refractivity contribution < 1.29 is 4.79 Å². The zero-order chi connectivity index (χ0) is 17.9. The standard InChI is InChI=1S/C20H21N5O/c1-24-14-21-12-17(24)19-18(22-9-10-23-19)16-8-5-11-25(13-16)20(26)15-6-3-2-4-7-15/h2-4,6-7,9-10,12,14,16H,5,8,11,13H2,1H3/t16-/m1/s1. The Balaban J connectivity index is 1.61. The van der Waals surface area contributed by atoms with Crippen LogP contribution in [0.1, 0.15) is 34.8 Å². The Morgan fingerprint density at radius 1 is 1.15 bits per heavy atom. The Kier molecular flexibility index (Phi) is 4.48. The van der Waals surface area contributed by atoms with Crippen LogP contribution in [0.3, 0.4) is 0 Å². The second-order valence-corrected chi connectivity index (χ2v) is 6.64. The van der Waals surface area contributed by atoms with Crippen molar-refractivity contribution >= 4 is 5.91 Å². The average molecular weight is 347 g/mol. The fourth-order valence-electron chi connectivity index (χ4n) is 3.58. The topological polar surface area (TPSA) is 63.9 Å². The van der Waals surface area contributed by atoms with Gasteiger partial charge in [-0.25, -0.2) is 4.98 Å². The predicted octanol–water partition coefficient (Wildman–Crippen LogP) is 2.90. The van der Waals surface area contributed by atoms with Gasteiger partial charge < -0.3 is 9.47 Å². The summed E-state index contributed by atoms with van der Waals surface area (Å²) in [5, 5.41) is 0. The Morgan fingerprint density at radius 3 is 2.73 bits per heavy atom. The number of aromatic nitrogens is 4. The summed E-state index contributed by atoms with van der Waals surface area (Å²) in [5.74, 6) is 0.260. The van der Waals surface area contributed by atoms with Crippen LogP contribution in [0.5, 0.6) is 0 Å². The third-order valence-corrected chi connectivity index (χ3v) is 4.90. The van der Waals surface area contributed by atoms with Crippen molar-refractivity contribution in [2.45, 2.75) is 18.8 Å². The van der Waals surface area contributed by atoms with Gasteiger partial charge in [0.1, 0.15) is 5.69 Å². The van der Waals surface area contributed by atoms with Crippen molar-refractivity contribution in [3.63, 3.8) is 0 Å². The highest BCUT2D eigenvalue weighted by Gasteiger charge is 2.28. The van der Waals surface area contributed by atoms with E-state index in [-0.39, 0.29) is 11.8 Å². The van der Waals surface area contributed by atoms with Crippen molar-refractivity contribution in [2.75, 3.05) is 13.1 Å². The minimum Gasteiger partial charge on any atom is -0.338 e. The van der Waals surface area contributed by atoms with Gasteiger partial charge in [0.15, 0.2) is 0 Å². The molecule has 1 aromatic carbocycles. The van der Waals surface area contributed by atoms with Gasteiger partial charge in [-0.2, -0.15) is 0 Å². The number of piperidine rings is 1. The van der Waals surface area contributed by atoms with E-state index in [1.165, 1.54) is 0 Å². The first-order valence-corrected chi connectivity index (χ1v) is 8.86. The van der Waals surface area contributed by atoms with E-state index in [9.17, 15) is 4.79 Å². The molecule has 0 N–H and O–H groups in total. The lowest BCUT2D eigenvalue weighted by molar-refractivity contribution is 0.0706. The van der Waals surface area contributed by atoms with Gasteiger partial charge in [-0.15, -0.1) is 0 Å². The van der Waals surface area contributed by atoms with Crippen LogP contribution in [-0.4, -0.2) is 43.4 Å². The molecule has 26 heavy (non-hydrogen) atoms. The largest absolute Gasteiger partial charge is 0.338 e. The molecule has 0 unspecified atom stereocenters. The van der Waals surface area contributed by atoms with Crippen molar-refractivity contribution in [2.24, 2.45) is 7.05 Å². The second-order valence-electron chi connectivity index (χ2n) is 6.64. The fraction of sp³-hybridized carbons (Fsp3) is 0.300. The molecule has 1 fully saturated rings. The first-order chi connectivity index (χ1) is 12.7. The number of imidazole rings is 1. The molecule has 1 amide bonds. The van der Waals surface area contributed by atoms with E-state index >= 15 is 0 Å². The van der Waals surface area contributed by atoms with Gasteiger partial charge in [-0.3, -0.25) is 14.8 Å². The summed E-state index contributed by atoms with van der Waals surface area (Å²) in [7, 11) is 1.95. The van der Waals surface area contributed by atoms with Gasteiger partial charge in [-0.05, 0) is 25.0 Å². The summed E-state index contributed by atoms with van der Waals surface area (Å²) in [6.07, 6.45) is 8.98. The smallest absolute Gasteiger partial charge is 0.253 e. The van der Waals surface area contributed by atoms with Gasteiger partial charge in [0.25, 0.3) is 5.91 Å². The minimum absolute atomic E-state index is 0.0845. The maximum Gasteiger partial charge on any atom is 0.253 e. The van der Waals surface area contributed by atoms with E-state index in [2.05, 4.69) is 15.0 Å². The van der Waals surface area contributed by atoms with Crippen molar-refractivity contribution in [3.05, 3.63) is 66.5 Å². The highest BCUT2D eigenvalue weighted by molar-refractivity contribution is 5.94. The van der Waals surface area contributed by atoms with E-state index in [4.69, 9.17) is 0 Å². The molecule has 4 rings (SSSR count). The maximum absolute atomic E-state index is 12.8. The molecule has 1 aliphatic rings. The molecule has 2 aromatic heterocycles. The SMILES string of the molecule is Cn1cncc1-c1nccnc1[C@@H]1CCCN(C(=O)c2ccccc2)C1. The zero-order valence-corrected chi connectivity index (χ0v) is 14.7. The quantitative estimate of drug-likeness (QED) is 0.731. The van der Waals surface area contributed by atoms with Crippen molar-refractivity contribution in [1.82, 2.24) is 24.4 Å². The summed E-state index contributed by atoms with van der Waals surface area (Å²) in [6.45, 7) is 1.45. The number of aryl methyl sites for hydroxylation is 1. The zero-order valence-electron chi connectivity index (χ0n) is 14.7. The van der Waals surface area contributed by atoms with Gasteiger partial charge >= 0.3 is 0 Å². The number of rotatable bonds is 3. The molecule has 3 heterocycles. The fourth-order valence-corrected chi connectivity index (χ4v) is 3.58. The summed E-state index contributed by atoms with van der Waals surface area (Å²) >= 11 is 0. The lowest BCUT2D eigenvalue weighted by Crippen LogP contribution is -2.39. The van der Waals surface area contributed by atoms with Crippen molar-refractivity contribution in [1.29, 1.82) is 0 Å². The lowest BCUT2D eigenvalue weighted by atomic mass is 9.92. The van der Waals surface area contributed by atoms with Crippen LogP contribution >= 0.6 is 0 Å². The van der Waals surface area contributed by atoms with Crippen LogP contribution in [0.4, 0.5) is 0 Å². The molecule has 0 radical (unpaired) electrons. The number of hydrogen-bond acceptors (Lipinski definition) is 4. The molecule has 6 nitrogen and oxygen atoms in total. The Bertz CT molecular complexity index is 905. The van der Waals surface area contributed by atoms with Gasteiger partial charge in [0.05, 0.1) is 23.9 Å². The normalized spacial score (nSPS) is 17.3. The number of carbonyl (C=O) groups excluding carboxylic acids is 1. The minimum atomic E-state index is 0.0845. The summed E-state index contributed by atoms with van der Waals surface area (Å²) in [6, 6.07) is 9.47. The molecule has 6 heteroatoms. The number of likely N-dealkylation sites (tertiary alicyclic amines) is 1. The van der Waals surface area contributed by atoms with E-state index < -0.39 is 0 Å². The number of amides is 1. The molecular weight excluding hydrogens is 326 g/mol. The molecule has 132 valence electrons. The molecule has 1 saturated heterocycles. The molecule has 0 bridgehead atoms. The molecule has 1 aliphatic heterocycles. The van der Waals surface area contributed by atoms with Crippen molar-refractivity contribution in [3.8, 4) is 11.4 Å². The molecular formula is C20H21N5O. The lowest BCUT2D eigenvalue weighted by Gasteiger charge is -2.33. The predicted molar refractivity (Wildman–Crippen MR) is 98.6 cm³/mol. The van der Waals surface area contributed by atoms with Gasteiger partial charge in [-0.1, -0.05) is 18.2 Å². The first-order valence-electron chi connectivity index (χ1n) is 8.86. The summed E-state index contributed by atoms with van der Waals surface area (Å²) < 4.78 is 1.95. The highest BCUT2D eigenvalue weighted by atomic mass is 16.2. The van der Waals surface area contributed by atoms with Gasteiger partial charge in [0.2, 0.25) is 0 Å². The molecule has 0 spiro atoms. The third-order valence-electron chi connectivity index (χ3n) is 4.90. The highest BCUT2D eigenvalue weighted by Crippen LogP contribution is 2.31. The number of hydrogen-bond donors (Lipinski definition) is 0. The Morgan fingerprint density at radius 2 is 1.96 bits per heavy atom.